The second kappa shape index (κ2) is 5.58. The molecule has 0 saturated carbocycles. The lowest BCUT2D eigenvalue weighted by Gasteiger charge is -1.91. The third-order valence-corrected chi connectivity index (χ3v) is 1.53. The van der Waals surface area contributed by atoms with E-state index in [0.29, 0.717) is 5.58 Å². The van der Waals surface area contributed by atoms with Gasteiger partial charge >= 0.3 is 5.63 Å². The van der Waals surface area contributed by atoms with Crippen LogP contribution in [0.1, 0.15) is 0 Å². The van der Waals surface area contributed by atoms with Crippen molar-refractivity contribution in [3.8, 4) is 0 Å². The molecule has 0 spiro atoms. The minimum atomic E-state index is -0.611. The zero-order chi connectivity index (χ0) is 11.3. The Balaban J connectivity index is 0.000000245. The minimum absolute atomic E-state index is 0.302. The molecule has 0 fully saturated rings. The summed E-state index contributed by atoms with van der Waals surface area (Å²) in [5.74, 6) is 0. The maximum atomic E-state index is 10.7. The summed E-state index contributed by atoms with van der Waals surface area (Å²) in [4.78, 5) is 10.7. The van der Waals surface area contributed by atoms with Crippen molar-refractivity contribution >= 4 is 22.1 Å². The molecular formula is C11H12O3S. The largest absolute Gasteiger partial charge is 0.617 e. The predicted octanol–water partition coefficient (Wildman–Crippen LogP) is 1.79. The standard InChI is InChI=1S/C9H6O2.C2H6OS/c10-9-6-5-7-3-1-2-4-8(7)11-9;1-4(2)3/h1-6H;1-2H3. The smallest absolute Gasteiger partial charge is 0.336 e. The lowest BCUT2D eigenvalue weighted by Crippen LogP contribution is -1.93. The molecule has 1 heterocycles. The fraction of sp³-hybridized carbons (Fsp3) is 0.182. The van der Waals surface area contributed by atoms with Gasteiger partial charge in [-0.1, -0.05) is 29.4 Å². The quantitative estimate of drug-likeness (QED) is 0.506. The van der Waals surface area contributed by atoms with Gasteiger partial charge in [-0.15, -0.1) is 0 Å². The zero-order valence-electron chi connectivity index (χ0n) is 8.60. The van der Waals surface area contributed by atoms with Gasteiger partial charge in [-0.05, 0) is 12.1 Å². The van der Waals surface area contributed by atoms with Crippen LogP contribution < -0.4 is 5.63 Å². The molecule has 4 heteroatoms. The zero-order valence-corrected chi connectivity index (χ0v) is 9.41. The summed E-state index contributed by atoms with van der Waals surface area (Å²) >= 11 is -0.611. The number of para-hydroxylation sites is 1. The molecule has 0 unspecified atom stereocenters. The third kappa shape index (κ3) is 4.18. The highest BCUT2D eigenvalue weighted by molar-refractivity contribution is 7.89. The van der Waals surface area contributed by atoms with Crippen LogP contribution in [0.2, 0.25) is 0 Å². The Morgan fingerprint density at radius 2 is 1.73 bits per heavy atom. The maximum Gasteiger partial charge on any atom is 0.336 e. The summed E-state index contributed by atoms with van der Waals surface area (Å²) < 4.78 is 14.5. The first kappa shape index (κ1) is 11.8. The molecule has 0 saturated heterocycles. The third-order valence-electron chi connectivity index (χ3n) is 1.53. The average Bonchev–Trinajstić information content (AvgIpc) is 2.16. The van der Waals surface area contributed by atoms with Gasteiger partial charge in [0.2, 0.25) is 0 Å². The van der Waals surface area contributed by atoms with Crippen LogP contribution in [0.3, 0.4) is 0 Å². The van der Waals surface area contributed by atoms with Crippen molar-refractivity contribution in [2.24, 2.45) is 0 Å². The van der Waals surface area contributed by atoms with Gasteiger partial charge in [-0.3, -0.25) is 0 Å². The predicted molar refractivity (Wildman–Crippen MR) is 62.5 cm³/mol. The first-order valence-electron chi connectivity index (χ1n) is 4.33. The SMILES string of the molecule is C[S+](C)[O-].O=c1ccc2ccccc2o1. The van der Waals surface area contributed by atoms with Crippen molar-refractivity contribution in [1.82, 2.24) is 0 Å². The highest BCUT2D eigenvalue weighted by atomic mass is 32.2. The maximum absolute atomic E-state index is 10.7. The highest BCUT2D eigenvalue weighted by Gasteiger charge is 1.92. The molecule has 2 aromatic rings. The number of fused-ring (bicyclic) bond motifs is 1. The van der Waals surface area contributed by atoms with Crippen LogP contribution in [0, 0.1) is 0 Å². The van der Waals surface area contributed by atoms with Gasteiger partial charge in [0.1, 0.15) is 5.58 Å². The van der Waals surface area contributed by atoms with Crippen LogP contribution in [0.15, 0.2) is 45.6 Å². The van der Waals surface area contributed by atoms with Gasteiger partial charge in [-0.2, -0.15) is 0 Å². The Morgan fingerprint density at radius 3 is 2.40 bits per heavy atom. The first-order valence-corrected chi connectivity index (χ1v) is 6.30. The van der Waals surface area contributed by atoms with E-state index in [9.17, 15) is 9.35 Å². The Labute approximate surface area is 90.9 Å². The van der Waals surface area contributed by atoms with Crippen LogP contribution >= 0.6 is 0 Å². The Morgan fingerprint density at radius 1 is 1.13 bits per heavy atom. The van der Waals surface area contributed by atoms with Gasteiger partial charge in [0.15, 0.2) is 0 Å². The first-order chi connectivity index (χ1) is 7.09. The van der Waals surface area contributed by atoms with Crippen LogP contribution in [0.4, 0.5) is 0 Å². The summed E-state index contributed by atoms with van der Waals surface area (Å²) in [5.41, 5.74) is 0.337. The van der Waals surface area contributed by atoms with E-state index in [1.807, 2.05) is 18.2 Å². The molecule has 0 aliphatic carbocycles. The van der Waals surface area contributed by atoms with E-state index in [-0.39, 0.29) is 5.63 Å². The van der Waals surface area contributed by atoms with Crippen LogP contribution in [0.5, 0.6) is 0 Å². The fourth-order valence-electron chi connectivity index (χ4n) is 1.01. The van der Waals surface area contributed by atoms with Crippen LogP contribution in [-0.4, -0.2) is 17.1 Å². The van der Waals surface area contributed by atoms with E-state index in [2.05, 4.69) is 0 Å². The van der Waals surface area contributed by atoms with E-state index >= 15 is 0 Å². The van der Waals surface area contributed by atoms with E-state index < -0.39 is 11.2 Å². The molecule has 3 nitrogen and oxygen atoms in total. The van der Waals surface area contributed by atoms with Crippen molar-refractivity contribution in [2.75, 3.05) is 12.5 Å². The number of benzene rings is 1. The monoisotopic (exact) mass is 224 g/mol. The second-order valence-electron chi connectivity index (χ2n) is 3.03. The molecular weight excluding hydrogens is 212 g/mol. The average molecular weight is 224 g/mol. The molecule has 0 atom stereocenters. The second-order valence-corrected chi connectivity index (χ2v) is 4.52. The van der Waals surface area contributed by atoms with E-state index in [1.54, 1.807) is 24.6 Å². The van der Waals surface area contributed by atoms with Crippen molar-refractivity contribution in [3.05, 3.63) is 46.8 Å². The fourth-order valence-corrected chi connectivity index (χ4v) is 1.01. The van der Waals surface area contributed by atoms with E-state index in [1.165, 1.54) is 6.07 Å². The van der Waals surface area contributed by atoms with Crippen LogP contribution in [-0.2, 0) is 11.2 Å². The normalized spacial score (nSPS) is 9.87. The molecule has 80 valence electrons. The van der Waals surface area contributed by atoms with Crippen molar-refractivity contribution in [3.63, 3.8) is 0 Å². The van der Waals surface area contributed by atoms with E-state index in [4.69, 9.17) is 4.42 Å². The number of rotatable bonds is 0. The highest BCUT2D eigenvalue weighted by Crippen LogP contribution is 2.08. The Kier molecular flexibility index (Phi) is 4.39. The van der Waals surface area contributed by atoms with Gasteiger partial charge in [0.25, 0.3) is 0 Å². The van der Waals surface area contributed by atoms with Crippen LogP contribution in [0.25, 0.3) is 11.0 Å². The van der Waals surface area contributed by atoms with Gasteiger partial charge < -0.3 is 8.97 Å². The Hall–Kier alpha value is -1.26. The molecule has 1 aromatic heterocycles. The molecule has 15 heavy (non-hydrogen) atoms. The topological polar surface area (TPSA) is 53.3 Å². The molecule has 0 radical (unpaired) electrons. The summed E-state index contributed by atoms with van der Waals surface area (Å²) in [6.07, 6.45) is 3.28. The van der Waals surface area contributed by atoms with Gasteiger partial charge in [0.05, 0.1) is 12.5 Å². The van der Waals surface area contributed by atoms with Crippen molar-refractivity contribution in [2.45, 2.75) is 0 Å². The lowest BCUT2D eigenvalue weighted by atomic mass is 10.2. The van der Waals surface area contributed by atoms with Gasteiger partial charge in [0, 0.05) is 11.5 Å². The lowest BCUT2D eigenvalue weighted by molar-refractivity contribution is 0.561. The molecule has 1 aromatic carbocycles. The summed E-state index contributed by atoms with van der Waals surface area (Å²) in [5, 5.41) is 0.951. The van der Waals surface area contributed by atoms with E-state index in [0.717, 1.165) is 5.39 Å². The molecule has 0 aliphatic rings. The summed E-state index contributed by atoms with van der Waals surface area (Å²) in [7, 11) is 0. The summed E-state index contributed by atoms with van der Waals surface area (Å²) in [6, 6.07) is 10.6. The Bertz CT molecular complexity index is 473. The van der Waals surface area contributed by atoms with Crippen molar-refractivity contribution < 1.29 is 8.97 Å². The summed E-state index contributed by atoms with van der Waals surface area (Å²) in [6.45, 7) is 0. The van der Waals surface area contributed by atoms with Crippen molar-refractivity contribution in [1.29, 1.82) is 0 Å². The van der Waals surface area contributed by atoms with Gasteiger partial charge in [-0.25, -0.2) is 4.79 Å². The minimum Gasteiger partial charge on any atom is -0.617 e. The molecule has 0 N–H and O–H groups in total. The number of hydrogen-bond acceptors (Lipinski definition) is 3. The molecule has 2 rings (SSSR count). The molecule has 0 amide bonds. The number of hydrogen-bond donors (Lipinski definition) is 0. The molecule has 0 aliphatic heterocycles. The molecule has 0 bridgehead atoms.